The lowest BCUT2D eigenvalue weighted by molar-refractivity contribution is 0.280. The van der Waals surface area contributed by atoms with Crippen LogP contribution in [0.15, 0.2) is 29.2 Å². The third-order valence-electron chi connectivity index (χ3n) is 3.99. The summed E-state index contributed by atoms with van der Waals surface area (Å²) in [5.74, 6) is 1.00. The molecule has 2 rings (SSSR count). The first-order chi connectivity index (χ1) is 9.53. The molecule has 0 aromatic heterocycles. The summed E-state index contributed by atoms with van der Waals surface area (Å²) >= 11 is 5.94. The highest BCUT2D eigenvalue weighted by Crippen LogP contribution is 2.28. The molecule has 1 saturated carbocycles. The summed E-state index contributed by atoms with van der Waals surface area (Å²) in [5, 5.41) is 0.256. The van der Waals surface area contributed by atoms with E-state index in [-0.39, 0.29) is 9.92 Å². The second-order valence-electron chi connectivity index (χ2n) is 5.40. The minimum Gasteiger partial charge on any atom is -0.330 e. The normalized spacial score (nSPS) is 23.7. The Balaban J connectivity index is 1.92. The van der Waals surface area contributed by atoms with Crippen LogP contribution in [-0.2, 0) is 10.0 Å². The third-order valence-corrected chi connectivity index (χ3v) is 5.91. The van der Waals surface area contributed by atoms with Crippen molar-refractivity contribution in [2.24, 2.45) is 17.6 Å². The fraction of sp³-hybridized carbons (Fsp3) is 0.571. The molecule has 0 saturated heterocycles. The molecule has 20 heavy (non-hydrogen) atoms. The summed E-state index contributed by atoms with van der Waals surface area (Å²) in [5.41, 5.74) is 5.66. The molecule has 1 aromatic carbocycles. The van der Waals surface area contributed by atoms with Crippen LogP contribution in [0.2, 0.25) is 5.02 Å². The predicted molar refractivity (Wildman–Crippen MR) is 81.1 cm³/mol. The van der Waals surface area contributed by atoms with Gasteiger partial charge >= 0.3 is 0 Å². The maximum atomic E-state index is 12.2. The number of rotatable bonds is 5. The molecule has 0 atom stereocenters. The Hall–Kier alpha value is -0.620. The van der Waals surface area contributed by atoms with Crippen molar-refractivity contribution in [1.82, 2.24) is 4.72 Å². The van der Waals surface area contributed by atoms with Crippen LogP contribution >= 0.6 is 11.6 Å². The van der Waals surface area contributed by atoms with Crippen LogP contribution in [0.3, 0.4) is 0 Å². The van der Waals surface area contributed by atoms with Crippen LogP contribution in [0.25, 0.3) is 0 Å². The predicted octanol–water partition coefficient (Wildman–Crippen LogP) is 2.38. The molecule has 0 bridgehead atoms. The fourth-order valence-corrected chi connectivity index (χ4v) is 4.27. The first kappa shape index (κ1) is 15.8. The van der Waals surface area contributed by atoms with Crippen LogP contribution in [0.1, 0.15) is 25.7 Å². The Morgan fingerprint density at radius 2 is 1.75 bits per heavy atom. The van der Waals surface area contributed by atoms with Crippen LogP contribution in [0.5, 0.6) is 0 Å². The second kappa shape index (κ2) is 6.89. The van der Waals surface area contributed by atoms with E-state index in [1.165, 1.54) is 6.07 Å². The van der Waals surface area contributed by atoms with Gasteiger partial charge in [0, 0.05) is 6.54 Å². The Labute approximate surface area is 125 Å². The molecule has 1 fully saturated rings. The summed E-state index contributed by atoms with van der Waals surface area (Å²) in [6.45, 7) is 1.21. The van der Waals surface area contributed by atoms with Gasteiger partial charge in [0.15, 0.2) is 0 Å². The minimum atomic E-state index is -3.52. The van der Waals surface area contributed by atoms with Gasteiger partial charge in [0.2, 0.25) is 10.0 Å². The van der Waals surface area contributed by atoms with Gasteiger partial charge < -0.3 is 5.73 Å². The van der Waals surface area contributed by atoms with Gasteiger partial charge in [-0.1, -0.05) is 23.7 Å². The molecule has 6 heteroatoms. The molecule has 0 unspecified atom stereocenters. The van der Waals surface area contributed by atoms with Gasteiger partial charge in [-0.2, -0.15) is 0 Å². The van der Waals surface area contributed by atoms with Gasteiger partial charge in [-0.15, -0.1) is 0 Å². The minimum absolute atomic E-state index is 0.150. The number of sulfonamides is 1. The zero-order chi connectivity index (χ0) is 14.6. The first-order valence-electron chi connectivity index (χ1n) is 6.97. The topological polar surface area (TPSA) is 72.2 Å². The van der Waals surface area contributed by atoms with Crippen molar-refractivity contribution in [3.8, 4) is 0 Å². The van der Waals surface area contributed by atoms with Crippen molar-refractivity contribution in [1.29, 1.82) is 0 Å². The van der Waals surface area contributed by atoms with E-state index in [2.05, 4.69) is 4.72 Å². The SMILES string of the molecule is NC[C@H]1CC[C@H](CNS(=O)(=O)c2ccccc2Cl)CC1. The van der Waals surface area contributed by atoms with E-state index in [0.29, 0.717) is 18.4 Å². The monoisotopic (exact) mass is 316 g/mol. The quantitative estimate of drug-likeness (QED) is 0.876. The van der Waals surface area contributed by atoms with E-state index in [1.807, 2.05) is 0 Å². The zero-order valence-electron chi connectivity index (χ0n) is 11.4. The molecule has 0 spiro atoms. The highest BCUT2D eigenvalue weighted by atomic mass is 35.5. The Kier molecular flexibility index (Phi) is 5.43. The van der Waals surface area contributed by atoms with E-state index in [0.717, 1.165) is 32.2 Å². The van der Waals surface area contributed by atoms with E-state index in [4.69, 9.17) is 17.3 Å². The lowest BCUT2D eigenvalue weighted by Gasteiger charge is -2.27. The molecule has 112 valence electrons. The molecule has 1 aliphatic rings. The van der Waals surface area contributed by atoms with Crippen LogP contribution in [-0.4, -0.2) is 21.5 Å². The Morgan fingerprint density at radius 1 is 1.15 bits per heavy atom. The van der Waals surface area contributed by atoms with Crippen LogP contribution in [0.4, 0.5) is 0 Å². The zero-order valence-corrected chi connectivity index (χ0v) is 13.0. The van der Waals surface area contributed by atoms with Gasteiger partial charge in [-0.3, -0.25) is 0 Å². The van der Waals surface area contributed by atoms with Gasteiger partial charge in [0.1, 0.15) is 4.90 Å². The van der Waals surface area contributed by atoms with E-state index in [9.17, 15) is 8.42 Å². The molecule has 0 amide bonds. The standard InChI is InChI=1S/C14H21ClN2O2S/c15-13-3-1-2-4-14(13)20(18,19)17-10-12-7-5-11(9-16)6-8-12/h1-4,11-12,17H,5-10,16H2/t11-,12-. The summed E-state index contributed by atoms with van der Waals surface area (Å²) in [6.07, 6.45) is 4.25. The highest BCUT2D eigenvalue weighted by Gasteiger charge is 2.23. The number of nitrogens with one attached hydrogen (secondary N) is 1. The summed E-state index contributed by atoms with van der Waals surface area (Å²) in [6, 6.07) is 6.50. The summed E-state index contributed by atoms with van der Waals surface area (Å²) in [4.78, 5) is 0.150. The smallest absolute Gasteiger partial charge is 0.242 e. The molecule has 0 aliphatic heterocycles. The summed E-state index contributed by atoms with van der Waals surface area (Å²) in [7, 11) is -3.52. The number of hydrogen-bond donors (Lipinski definition) is 2. The van der Waals surface area contributed by atoms with Gasteiger partial charge in [0.25, 0.3) is 0 Å². The molecule has 0 radical (unpaired) electrons. The van der Waals surface area contributed by atoms with Crippen molar-refractivity contribution >= 4 is 21.6 Å². The Morgan fingerprint density at radius 3 is 2.35 bits per heavy atom. The fourth-order valence-electron chi connectivity index (χ4n) is 2.64. The first-order valence-corrected chi connectivity index (χ1v) is 8.83. The van der Waals surface area contributed by atoms with Gasteiger partial charge in [-0.25, -0.2) is 13.1 Å². The lowest BCUT2D eigenvalue weighted by atomic mass is 9.82. The maximum absolute atomic E-state index is 12.2. The van der Waals surface area contributed by atoms with Crippen LogP contribution in [0, 0.1) is 11.8 Å². The lowest BCUT2D eigenvalue weighted by Crippen LogP contribution is -2.32. The number of benzene rings is 1. The number of halogens is 1. The molecular weight excluding hydrogens is 296 g/mol. The van der Waals surface area contributed by atoms with Crippen molar-refractivity contribution in [2.75, 3.05) is 13.1 Å². The van der Waals surface area contributed by atoms with E-state index in [1.54, 1.807) is 18.2 Å². The second-order valence-corrected chi connectivity index (χ2v) is 7.55. The van der Waals surface area contributed by atoms with Crippen molar-refractivity contribution < 1.29 is 8.42 Å². The van der Waals surface area contributed by atoms with Crippen molar-refractivity contribution in [2.45, 2.75) is 30.6 Å². The third kappa shape index (κ3) is 3.95. The number of hydrogen-bond acceptors (Lipinski definition) is 3. The van der Waals surface area contributed by atoms with Crippen LogP contribution < -0.4 is 10.5 Å². The average molecular weight is 317 g/mol. The molecule has 1 aliphatic carbocycles. The van der Waals surface area contributed by atoms with Gasteiger partial charge in [-0.05, 0) is 56.2 Å². The van der Waals surface area contributed by atoms with Gasteiger partial charge in [0.05, 0.1) is 5.02 Å². The average Bonchev–Trinajstić information content (AvgIpc) is 2.46. The van der Waals surface area contributed by atoms with Crippen molar-refractivity contribution in [3.05, 3.63) is 29.3 Å². The summed E-state index contributed by atoms with van der Waals surface area (Å²) < 4.78 is 27.1. The number of nitrogens with two attached hydrogens (primary N) is 1. The van der Waals surface area contributed by atoms with Crippen molar-refractivity contribution in [3.63, 3.8) is 0 Å². The molecule has 3 N–H and O–H groups in total. The maximum Gasteiger partial charge on any atom is 0.242 e. The largest absolute Gasteiger partial charge is 0.330 e. The molecule has 4 nitrogen and oxygen atoms in total. The van der Waals surface area contributed by atoms with E-state index < -0.39 is 10.0 Å². The molecular formula is C14H21ClN2O2S. The molecule has 1 aromatic rings. The Bertz CT molecular complexity index is 540. The highest BCUT2D eigenvalue weighted by molar-refractivity contribution is 7.89. The van der Waals surface area contributed by atoms with E-state index >= 15 is 0 Å². The molecule has 0 heterocycles.